The van der Waals surface area contributed by atoms with Crippen molar-refractivity contribution in [1.82, 2.24) is 5.32 Å². The summed E-state index contributed by atoms with van der Waals surface area (Å²) in [7, 11) is 0. The molecular weight excluding hydrogens is 178 g/mol. The number of carbonyl (C=O) groups is 1. The number of nitrogens with one attached hydrogen (secondary N) is 1. The van der Waals surface area contributed by atoms with Gasteiger partial charge in [0.25, 0.3) is 0 Å². The smallest absolute Gasteiger partial charge is 0.304 e. The molecule has 3 nitrogen and oxygen atoms in total. The molecule has 0 aliphatic carbocycles. The molecule has 0 aromatic rings. The van der Waals surface area contributed by atoms with Gasteiger partial charge in [0.1, 0.15) is 0 Å². The normalized spacial score (nSPS) is 15.1. The second kappa shape index (κ2) is 7.80. The van der Waals surface area contributed by atoms with E-state index < -0.39 is 5.97 Å². The van der Waals surface area contributed by atoms with Crippen LogP contribution in [0.2, 0.25) is 0 Å². The van der Waals surface area contributed by atoms with E-state index in [9.17, 15) is 4.79 Å². The lowest BCUT2D eigenvalue weighted by molar-refractivity contribution is -0.137. The average Bonchev–Trinajstić information content (AvgIpc) is 2.02. The van der Waals surface area contributed by atoms with Gasteiger partial charge >= 0.3 is 5.97 Å². The van der Waals surface area contributed by atoms with Gasteiger partial charge in [-0.2, -0.15) is 0 Å². The molecular formula is C11H23NO2. The second-order valence-corrected chi connectivity index (χ2v) is 4.06. The van der Waals surface area contributed by atoms with Crippen LogP contribution in [0.3, 0.4) is 0 Å². The minimum absolute atomic E-state index is 0.0733. The van der Waals surface area contributed by atoms with Crippen molar-refractivity contribution in [1.29, 1.82) is 0 Å². The third kappa shape index (κ3) is 8.05. The topological polar surface area (TPSA) is 49.3 Å². The van der Waals surface area contributed by atoms with Gasteiger partial charge in [0.05, 0.1) is 6.42 Å². The Morgan fingerprint density at radius 2 is 1.93 bits per heavy atom. The van der Waals surface area contributed by atoms with Gasteiger partial charge in [-0.3, -0.25) is 4.79 Å². The highest BCUT2D eigenvalue weighted by Crippen LogP contribution is 2.04. The molecule has 0 aromatic carbocycles. The van der Waals surface area contributed by atoms with Gasteiger partial charge in [0.15, 0.2) is 0 Å². The second-order valence-electron chi connectivity index (χ2n) is 4.06. The Bertz CT molecular complexity index is 159. The molecule has 0 fully saturated rings. The fraction of sp³-hybridized carbons (Fsp3) is 0.909. The predicted molar refractivity (Wildman–Crippen MR) is 58.5 cm³/mol. The highest BCUT2D eigenvalue weighted by atomic mass is 16.4. The van der Waals surface area contributed by atoms with Gasteiger partial charge in [-0.25, -0.2) is 0 Å². The fourth-order valence-electron chi connectivity index (χ4n) is 1.59. The van der Waals surface area contributed by atoms with Gasteiger partial charge in [0, 0.05) is 12.1 Å². The molecule has 2 atom stereocenters. The number of hydrogen-bond acceptors (Lipinski definition) is 2. The summed E-state index contributed by atoms with van der Waals surface area (Å²) in [6.45, 7) is 6.23. The third-order valence-electron chi connectivity index (χ3n) is 2.29. The van der Waals surface area contributed by atoms with E-state index in [2.05, 4.69) is 19.2 Å². The average molecular weight is 201 g/mol. The number of hydrogen-bond donors (Lipinski definition) is 2. The third-order valence-corrected chi connectivity index (χ3v) is 2.29. The van der Waals surface area contributed by atoms with Gasteiger partial charge in [0.2, 0.25) is 0 Å². The van der Waals surface area contributed by atoms with Crippen LogP contribution in [0.25, 0.3) is 0 Å². The van der Waals surface area contributed by atoms with Crippen molar-refractivity contribution in [2.24, 2.45) is 0 Å². The Morgan fingerprint density at radius 3 is 2.43 bits per heavy atom. The van der Waals surface area contributed by atoms with E-state index in [1.54, 1.807) is 0 Å². The molecule has 0 aliphatic heterocycles. The molecule has 0 bridgehead atoms. The molecule has 0 amide bonds. The Hall–Kier alpha value is -0.570. The maximum Gasteiger partial charge on any atom is 0.304 e. The van der Waals surface area contributed by atoms with Gasteiger partial charge in [-0.1, -0.05) is 26.2 Å². The van der Waals surface area contributed by atoms with E-state index in [0.717, 1.165) is 6.42 Å². The summed E-state index contributed by atoms with van der Waals surface area (Å²) in [6, 6.07) is 0.500. The highest BCUT2D eigenvalue weighted by Gasteiger charge is 2.09. The van der Waals surface area contributed by atoms with Crippen molar-refractivity contribution < 1.29 is 9.90 Å². The van der Waals surface area contributed by atoms with Crippen molar-refractivity contribution in [3.05, 3.63) is 0 Å². The van der Waals surface area contributed by atoms with Crippen LogP contribution in [0.15, 0.2) is 0 Å². The fourth-order valence-corrected chi connectivity index (χ4v) is 1.59. The van der Waals surface area contributed by atoms with Crippen molar-refractivity contribution in [2.45, 2.75) is 65.0 Å². The SMILES string of the molecule is CCCCCC(C)NC(C)CC(=O)O. The standard InChI is InChI=1S/C11H23NO2/c1-4-5-6-7-9(2)12-10(3)8-11(13)14/h9-10,12H,4-8H2,1-3H3,(H,13,14). The van der Waals surface area contributed by atoms with E-state index in [1.807, 2.05) is 6.92 Å². The lowest BCUT2D eigenvalue weighted by Crippen LogP contribution is -2.35. The molecule has 0 heterocycles. The first-order valence-corrected chi connectivity index (χ1v) is 5.54. The molecule has 2 unspecified atom stereocenters. The maximum absolute atomic E-state index is 10.4. The molecule has 0 aromatic heterocycles. The first kappa shape index (κ1) is 13.4. The molecule has 0 radical (unpaired) electrons. The minimum atomic E-state index is -0.731. The zero-order valence-corrected chi connectivity index (χ0v) is 9.55. The summed E-state index contributed by atoms with van der Waals surface area (Å²) < 4.78 is 0. The van der Waals surface area contributed by atoms with Gasteiger partial charge in [-0.05, 0) is 20.3 Å². The van der Waals surface area contributed by atoms with Crippen LogP contribution in [-0.2, 0) is 4.79 Å². The Labute approximate surface area is 86.9 Å². The zero-order chi connectivity index (χ0) is 11.0. The van der Waals surface area contributed by atoms with Crippen LogP contribution in [0.1, 0.15) is 52.9 Å². The van der Waals surface area contributed by atoms with E-state index in [0.29, 0.717) is 6.04 Å². The molecule has 0 saturated carbocycles. The monoisotopic (exact) mass is 201 g/mol. The number of carboxylic acids is 1. The summed E-state index contributed by atoms with van der Waals surface area (Å²) >= 11 is 0. The molecule has 14 heavy (non-hydrogen) atoms. The number of carboxylic acid groups (broad SMARTS) is 1. The van der Waals surface area contributed by atoms with Crippen molar-refractivity contribution in [3.8, 4) is 0 Å². The van der Waals surface area contributed by atoms with Crippen molar-refractivity contribution in [3.63, 3.8) is 0 Å². The molecule has 0 rings (SSSR count). The van der Waals surface area contributed by atoms with E-state index in [-0.39, 0.29) is 12.5 Å². The summed E-state index contributed by atoms with van der Waals surface area (Å²) in [6.07, 6.45) is 5.07. The van der Waals surface area contributed by atoms with E-state index >= 15 is 0 Å². The van der Waals surface area contributed by atoms with Crippen LogP contribution < -0.4 is 5.32 Å². The molecule has 0 spiro atoms. The van der Waals surface area contributed by atoms with Crippen LogP contribution in [0.4, 0.5) is 0 Å². The molecule has 3 heteroatoms. The lowest BCUT2D eigenvalue weighted by atomic mass is 10.1. The number of rotatable bonds is 8. The Balaban J connectivity index is 3.49. The molecule has 0 aliphatic rings. The van der Waals surface area contributed by atoms with Crippen LogP contribution >= 0.6 is 0 Å². The van der Waals surface area contributed by atoms with Crippen LogP contribution in [0, 0.1) is 0 Å². The summed E-state index contributed by atoms with van der Waals surface area (Å²) in [5.74, 6) is -0.731. The first-order chi connectivity index (χ1) is 6.56. The van der Waals surface area contributed by atoms with Crippen molar-refractivity contribution >= 4 is 5.97 Å². The number of unbranched alkanes of at least 4 members (excludes halogenated alkanes) is 2. The molecule has 0 saturated heterocycles. The van der Waals surface area contributed by atoms with Crippen LogP contribution in [-0.4, -0.2) is 23.2 Å². The van der Waals surface area contributed by atoms with Crippen LogP contribution in [0.5, 0.6) is 0 Å². The molecule has 2 N–H and O–H groups in total. The largest absolute Gasteiger partial charge is 0.481 e. The maximum atomic E-state index is 10.4. The number of aliphatic carboxylic acids is 1. The highest BCUT2D eigenvalue weighted by molar-refractivity contribution is 5.67. The van der Waals surface area contributed by atoms with Gasteiger partial charge < -0.3 is 10.4 Å². The zero-order valence-electron chi connectivity index (χ0n) is 9.55. The van der Waals surface area contributed by atoms with E-state index in [1.165, 1.54) is 19.3 Å². The Kier molecular flexibility index (Phi) is 7.48. The lowest BCUT2D eigenvalue weighted by Gasteiger charge is -2.18. The molecule has 84 valence electrons. The Morgan fingerprint density at radius 1 is 1.29 bits per heavy atom. The quantitative estimate of drug-likeness (QED) is 0.593. The van der Waals surface area contributed by atoms with E-state index in [4.69, 9.17) is 5.11 Å². The summed E-state index contributed by atoms with van der Waals surface area (Å²) in [4.78, 5) is 10.4. The summed E-state index contributed by atoms with van der Waals surface area (Å²) in [5.41, 5.74) is 0. The van der Waals surface area contributed by atoms with Crippen molar-refractivity contribution in [2.75, 3.05) is 0 Å². The summed E-state index contributed by atoms with van der Waals surface area (Å²) in [5, 5.41) is 11.9. The predicted octanol–water partition coefficient (Wildman–Crippen LogP) is 2.41. The first-order valence-electron chi connectivity index (χ1n) is 5.54. The minimum Gasteiger partial charge on any atom is -0.481 e. The van der Waals surface area contributed by atoms with Gasteiger partial charge in [-0.15, -0.1) is 0 Å².